The van der Waals surface area contributed by atoms with Crippen LogP contribution in [0.4, 0.5) is 0 Å². The Morgan fingerprint density at radius 1 is 0.944 bits per heavy atom. The van der Waals surface area contributed by atoms with Gasteiger partial charge in [-0.3, -0.25) is 4.79 Å². The fourth-order valence-electron chi connectivity index (χ4n) is 3.03. The van der Waals surface area contributed by atoms with Crippen molar-refractivity contribution in [3.63, 3.8) is 0 Å². The summed E-state index contributed by atoms with van der Waals surface area (Å²) < 4.78 is 0. The SMILES string of the molecule is CC.CC(=O)C1CCN(C2CCN(C)CC2)CC1. The first-order chi connectivity index (χ1) is 8.66. The molecule has 0 radical (unpaired) electrons. The van der Waals surface area contributed by atoms with Gasteiger partial charge in [-0.15, -0.1) is 0 Å². The van der Waals surface area contributed by atoms with E-state index in [0.717, 1.165) is 32.0 Å². The molecule has 0 N–H and O–H groups in total. The first kappa shape index (κ1) is 15.6. The Balaban J connectivity index is 0.000000771. The molecule has 0 aromatic carbocycles. The summed E-state index contributed by atoms with van der Waals surface area (Å²) in [4.78, 5) is 16.3. The number of carbonyl (C=O) groups is 1. The second kappa shape index (κ2) is 7.90. The number of nitrogens with zero attached hydrogens (tertiary/aromatic N) is 2. The Hall–Kier alpha value is -0.410. The second-order valence-electron chi connectivity index (χ2n) is 5.46. The molecule has 0 aromatic rings. The van der Waals surface area contributed by atoms with Gasteiger partial charge in [0.25, 0.3) is 0 Å². The summed E-state index contributed by atoms with van der Waals surface area (Å²) in [5, 5.41) is 0. The molecule has 18 heavy (non-hydrogen) atoms. The summed E-state index contributed by atoms with van der Waals surface area (Å²) in [7, 11) is 2.21. The van der Waals surface area contributed by atoms with Crippen molar-refractivity contribution in [1.29, 1.82) is 0 Å². The highest BCUT2D eigenvalue weighted by atomic mass is 16.1. The highest BCUT2D eigenvalue weighted by Crippen LogP contribution is 2.23. The maximum absolute atomic E-state index is 11.3. The molecule has 2 aliphatic rings. The largest absolute Gasteiger partial charge is 0.306 e. The molecule has 0 spiro atoms. The normalized spacial score (nSPS) is 24.4. The summed E-state index contributed by atoms with van der Waals surface area (Å²) in [6.45, 7) is 10.5. The molecule has 2 aliphatic heterocycles. The van der Waals surface area contributed by atoms with Gasteiger partial charge in [0.15, 0.2) is 0 Å². The van der Waals surface area contributed by atoms with E-state index in [-0.39, 0.29) is 0 Å². The summed E-state index contributed by atoms with van der Waals surface area (Å²) in [6.07, 6.45) is 4.78. The van der Waals surface area contributed by atoms with Crippen molar-refractivity contribution in [2.45, 2.75) is 52.5 Å². The molecule has 0 amide bonds. The summed E-state index contributed by atoms with van der Waals surface area (Å²) in [6, 6.07) is 0.782. The number of likely N-dealkylation sites (tertiary alicyclic amines) is 2. The third kappa shape index (κ3) is 4.36. The van der Waals surface area contributed by atoms with Crippen molar-refractivity contribution in [1.82, 2.24) is 9.80 Å². The Labute approximate surface area is 113 Å². The molecular formula is C15H30N2O. The molecular weight excluding hydrogens is 224 g/mol. The minimum absolute atomic E-state index is 0.350. The fourth-order valence-corrected chi connectivity index (χ4v) is 3.03. The van der Waals surface area contributed by atoms with E-state index >= 15 is 0 Å². The van der Waals surface area contributed by atoms with Gasteiger partial charge in [0.05, 0.1) is 0 Å². The zero-order chi connectivity index (χ0) is 13.5. The van der Waals surface area contributed by atoms with Gasteiger partial charge in [-0.2, -0.15) is 0 Å². The van der Waals surface area contributed by atoms with Gasteiger partial charge in [-0.05, 0) is 65.8 Å². The molecule has 3 heteroatoms. The van der Waals surface area contributed by atoms with Gasteiger partial charge in [0, 0.05) is 12.0 Å². The van der Waals surface area contributed by atoms with Gasteiger partial charge in [0.1, 0.15) is 5.78 Å². The highest BCUT2D eigenvalue weighted by molar-refractivity contribution is 5.78. The van der Waals surface area contributed by atoms with Crippen LogP contribution in [0.15, 0.2) is 0 Å². The average Bonchev–Trinajstić information content (AvgIpc) is 2.42. The Kier molecular flexibility index (Phi) is 6.87. The Morgan fingerprint density at radius 3 is 1.89 bits per heavy atom. The predicted molar refractivity (Wildman–Crippen MR) is 76.8 cm³/mol. The van der Waals surface area contributed by atoms with E-state index in [2.05, 4.69) is 16.8 Å². The topological polar surface area (TPSA) is 23.6 Å². The summed E-state index contributed by atoms with van der Waals surface area (Å²) >= 11 is 0. The van der Waals surface area contributed by atoms with Crippen molar-refractivity contribution in [3.05, 3.63) is 0 Å². The summed E-state index contributed by atoms with van der Waals surface area (Å²) in [5.74, 6) is 0.741. The lowest BCUT2D eigenvalue weighted by Gasteiger charge is -2.40. The first-order valence-corrected chi connectivity index (χ1v) is 7.60. The van der Waals surface area contributed by atoms with Crippen molar-refractivity contribution in [2.24, 2.45) is 5.92 Å². The van der Waals surface area contributed by atoms with Crippen molar-refractivity contribution in [3.8, 4) is 0 Å². The quantitative estimate of drug-likeness (QED) is 0.756. The van der Waals surface area contributed by atoms with Crippen LogP contribution < -0.4 is 0 Å². The van der Waals surface area contributed by atoms with Crippen LogP contribution in [0.5, 0.6) is 0 Å². The van der Waals surface area contributed by atoms with E-state index in [1.54, 1.807) is 6.92 Å². The van der Waals surface area contributed by atoms with Crippen LogP contribution >= 0.6 is 0 Å². The van der Waals surface area contributed by atoms with Crippen LogP contribution in [0.3, 0.4) is 0 Å². The number of rotatable bonds is 2. The maximum Gasteiger partial charge on any atom is 0.133 e. The van der Waals surface area contributed by atoms with Crippen molar-refractivity contribution < 1.29 is 4.79 Å². The number of hydrogen-bond acceptors (Lipinski definition) is 3. The summed E-state index contributed by atoms with van der Waals surface area (Å²) in [5.41, 5.74) is 0. The van der Waals surface area contributed by atoms with Gasteiger partial charge < -0.3 is 9.80 Å². The van der Waals surface area contributed by atoms with E-state index in [9.17, 15) is 4.79 Å². The van der Waals surface area contributed by atoms with Crippen molar-refractivity contribution in [2.75, 3.05) is 33.2 Å². The first-order valence-electron chi connectivity index (χ1n) is 7.60. The molecule has 0 atom stereocenters. The molecule has 106 valence electrons. The van der Waals surface area contributed by atoms with E-state index in [1.165, 1.54) is 25.9 Å². The number of carbonyl (C=O) groups excluding carboxylic acids is 1. The lowest BCUT2D eigenvalue weighted by Crippen LogP contribution is -2.47. The van der Waals surface area contributed by atoms with Crippen LogP contribution in [0.25, 0.3) is 0 Å². The zero-order valence-corrected chi connectivity index (χ0v) is 12.6. The third-order valence-corrected chi connectivity index (χ3v) is 4.31. The second-order valence-corrected chi connectivity index (χ2v) is 5.46. The zero-order valence-electron chi connectivity index (χ0n) is 12.6. The van der Waals surface area contributed by atoms with Gasteiger partial charge in [0.2, 0.25) is 0 Å². The predicted octanol–water partition coefficient (Wildman–Crippen LogP) is 2.41. The van der Waals surface area contributed by atoms with Gasteiger partial charge >= 0.3 is 0 Å². The van der Waals surface area contributed by atoms with Gasteiger partial charge in [-0.1, -0.05) is 13.8 Å². The lowest BCUT2D eigenvalue weighted by molar-refractivity contribution is -0.122. The van der Waals surface area contributed by atoms with Crippen LogP contribution in [-0.2, 0) is 4.79 Å². The molecule has 2 fully saturated rings. The van der Waals surface area contributed by atoms with Crippen LogP contribution in [0.2, 0.25) is 0 Å². The Bertz CT molecular complexity index is 239. The highest BCUT2D eigenvalue weighted by Gasteiger charge is 2.28. The molecule has 0 bridgehead atoms. The maximum atomic E-state index is 11.3. The number of Topliss-reactive ketones (excluding diaryl/α,β-unsaturated/α-hetero) is 1. The molecule has 2 rings (SSSR count). The molecule has 0 aliphatic carbocycles. The molecule has 2 heterocycles. The number of ketones is 1. The van der Waals surface area contributed by atoms with Crippen molar-refractivity contribution >= 4 is 5.78 Å². The molecule has 2 saturated heterocycles. The molecule has 0 aromatic heterocycles. The standard InChI is InChI=1S/C13H24N2O.C2H6/c1-11(16)12-3-9-15(10-4-12)13-5-7-14(2)8-6-13;1-2/h12-13H,3-10H2,1-2H3;1-2H3. The smallest absolute Gasteiger partial charge is 0.133 e. The van der Waals surface area contributed by atoms with Gasteiger partial charge in [-0.25, -0.2) is 0 Å². The van der Waals surface area contributed by atoms with Crippen LogP contribution in [0, 0.1) is 5.92 Å². The minimum Gasteiger partial charge on any atom is -0.306 e. The lowest BCUT2D eigenvalue weighted by atomic mass is 9.91. The minimum atomic E-state index is 0.350. The average molecular weight is 254 g/mol. The number of hydrogen-bond donors (Lipinski definition) is 0. The third-order valence-electron chi connectivity index (χ3n) is 4.31. The molecule has 0 unspecified atom stereocenters. The van der Waals surface area contributed by atoms with Crippen LogP contribution in [-0.4, -0.2) is 54.9 Å². The molecule has 0 saturated carbocycles. The van der Waals surface area contributed by atoms with E-state index in [4.69, 9.17) is 0 Å². The monoisotopic (exact) mass is 254 g/mol. The van der Waals surface area contributed by atoms with Crippen LogP contribution in [0.1, 0.15) is 46.5 Å². The van der Waals surface area contributed by atoms with E-state index < -0.39 is 0 Å². The Morgan fingerprint density at radius 2 is 1.44 bits per heavy atom. The number of piperidine rings is 2. The fraction of sp³-hybridized carbons (Fsp3) is 0.933. The van der Waals surface area contributed by atoms with E-state index in [1.807, 2.05) is 13.8 Å². The molecule has 3 nitrogen and oxygen atoms in total. The van der Waals surface area contributed by atoms with E-state index in [0.29, 0.717) is 11.7 Å².